The van der Waals surface area contributed by atoms with Gasteiger partial charge in [0.2, 0.25) is 5.78 Å². The molecule has 0 spiro atoms. The highest BCUT2D eigenvalue weighted by Gasteiger charge is 2.17. The van der Waals surface area contributed by atoms with Gasteiger partial charge in [-0.05, 0) is 22.4 Å². The van der Waals surface area contributed by atoms with E-state index < -0.39 is 12.2 Å². The van der Waals surface area contributed by atoms with Gasteiger partial charge in [-0.3, -0.25) is 4.79 Å². The Morgan fingerprint density at radius 1 is 1.33 bits per heavy atom. The number of carbonyl (C=O) groups excluding carboxylic acids is 1. The van der Waals surface area contributed by atoms with Gasteiger partial charge in [0.25, 0.3) is 6.43 Å². The number of hydrogen-bond acceptors (Lipinski definition) is 2. The minimum absolute atomic E-state index is 0.179. The van der Waals surface area contributed by atoms with E-state index in [-0.39, 0.29) is 6.42 Å². The second-order valence-corrected chi connectivity index (χ2v) is 4.11. The van der Waals surface area contributed by atoms with Crippen LogP contribution in [0.15, 0.2) is 29.6 Å². The highest BCUT2D eigenvalue weighted by Crippen LogP contribution is 2.26. The SMILES string of the molecule is O=C(Cc1csc2ccccc12)C(F)F. The molecule has 0 fully saturated rings. The molecule has 2 aromatic rings. The van der Waals surface area contributed by atoms with Gasteiger partial charge < -0.3 is 0 Å². The van der Waals surface area contributed by atoms with Crippen molar-refractivity contribution in [3.8, 4) is 0 Å². The van der Waals surface area contributed by atoms with E-state index in [0.717, 1.165) is 10.1 Å². The summed E-state index contributed by atoms with van der Waals surface area (Å²) in [7, 11) is 0. The predicted molar refractivity (Wildman–Crippen MR) is 56.5 cm³/mol. The minimum atomic E-state index is -2.87. The molecule has 1 nitrogen and oxygen atoms in total. The number of benzene rings is 1. The van der Waals surface area contributed by atoms with Crippen LogP contribution < -0.4 is 0 Å². The zero-order chi connectivity index (χ0) is 10.8. The molecule has 78 valence electrons. The number of rotatable bonds is 3. The van der Waals surface area contributed by atoms with E-state index in [1.165, 1.54) is 11.3 Å². The molecule has 0 N–H and O–H groups in total. The van der Waals surface area contributed by atoms with E-state index >= 15 is 0 Å². The number of thiophene rings is 1. The molecule has 0 saturated heterocycles. The molecule has 0 aliphatic rings. The van der Waals surface area contributed by atoms with Crippen molar-refractivity contribution in [1.29, 1.82) is 0 Å². The van der Waals surface area contributed by atoms with E-state index in [1.54, 1.807) is 5.38 Å². The van der Waals surface area contributed by atoms with Gasteiger partial charge in [-0.2, -0.15) is 0 Å². The van der Waals surface area contributed by atoms with Gasteiger partial charge >= 0.3 is 0 Å². The third-order valence-electron chi connectivity index (χ3n) is 2.17. The van der Waals surface area contributed by atoms with Crippen molar-refractivity contribution in [3.63, 3.8) is 0 Å². The van der Waals surface area contributed by atoms with Crippen LogP contribution in [-0.4, -0.2) is 12.2 Å². The Morgan fingerprint density at radius 2 is 2.07 bits per heavy atom. The summed E-state index contributed by atoms with van der Waals surface area (Å²) in [6, 6.07) is 7.49. The first-order chi connectivity index (χ1) is 7.18. The molecule has 0 amide bonds. The lowest BCUT2D eigenvalue weighted by Gasteiger charge is -1.98. The molecular formula is C11H8F2OS. The van der Waals surface area contributed by atoms with Crippen LogP contribution in [-0.2, 0) is 11.2 Å². The highest BCUT2D eigenvalue weighted by atomic mass is 32.1. The lowest BCUT2D eigenvalue weighted by molar-refractivity contribution is -0.128. The van der Waals surface area contributed by atoms with Crippen LogP contribution in [0.2, 0.25) is 0 Å². The second-order valence-electron chi connectivity index (χ2n) is 3.20. The zero-order valence-corrected chi connectivity index (χ0v) is 8.56. The van der Waals surface area contributed by atoms with E-state index in [1.807, 2.05) is 24.3 Å². The van der Waals surface area contributed by atoms with Crippen LogP contribution in [0.5, 0.6) is 0 Å². The number of ketones is 1. The monoisotopic (exact) mass is 226 g/mol. The van der Waals surface area contributed by atoms with Crippen molar-refractivity contribution < 1.29 is 13.6 Å². The van der Waals surface area contributed by atoms with Crippen LogP contribution in [0.3, 0.4) is 0 Å². The number of alkyl halides is 2. The Bertz CT molecular complexity index is 490. The summed E-state index contributed by atoms with van der Waals surface area (Å²) in [6.07, 6.45) is -3.05. The van der Waals surface area contributed by atoms with Crippen molar-refractivity contribution in [3.05, 3.63) is 35.2 Å². The van der Waals surface area contributed by atoms with E-state index in [0.29, 0.717) is 5.56 Å². The average molecular weight is 226 g/mol. The lowest BCUT2D eigenvalue weighted by atomic mass is 10.1. The van der Waals surface area contributed by atoms with Crippen LogP contribution in [0, 0.1) is 0 Å². The Labute approximate surface area is 89.3 Å². The van der Waals surface area contributed by atoms with Crippen LogP contribution in [0.25, 0.3) is 10.1 Å². The van der Waals surface area contributed by atoms with Crippen LogP contribution >= 0.6 is 11.3 Å². The molecule has 0 bridgehead atoms. The first-order valence-electron chi connectivity index (χ1n) is 4.44. The number of halogens is 2. The Balaban J connectivity index is 2.33. The summed E-state index contributed by atoms with van der Waals surface area (Å²) < 4.78 is 25.2. The maximum Gasteiger partial charge on any atom is 0.296 e. The van der Waals surface area contributed by atoms with Gasteiger partial charge in [0.15, 0.2) is 0 Å². The summed E-state index contributed by atoms with van der Waals surface area (Å²) in [4.78, 5) is 10.9. The molecule has 4 heteroatoms. The van der Waals surface area contributed by atoms with Gasteiger partial charge in [-0.1, -0.05) is 18.2 Å². The molecule has 1 heterocycles. The highest BCUT2D eigenvalue weighted by molar-refractivity contribution is 7.17. The van der Waals surface area contributed by atoms with E-state index in [4.69, 9.17) is 0 Å². The largest absolute Gasteiger partial charge is 0.296 e. The predicted octanol–water partition coefficient (Wildman–Crippen LogP) is 3.28. The smallest absolute Gasteiger partial charge is 0.293 e. The lowest BCUT2D eigenvalue weighted by Crippen LogP contribution is -2.12. The fraction of sp³-hybridized carbons (Fsp3) is 0.182. The molecule has 15 heavy (non-hydrogen) atoms. The number of fused-ring (bicyclic) bond motifs is 1. The third-order valence-corrected chi connectivity index (χ3v) is 3.18. The third kappa shape index (κ3) is 2.04. The van der Waals surface area contributed by atoms with Crippen molar-refractivity contribution in [2.24, 2.45) is 0 Å². The van der Waals surface area contributed by atoms with Gasteiger partial charge in [0.1, 0.15) is 0 Å². The molecule has 0 atom stereocenters. The topological polar surface area (TPSA) is 17.1 Å². The van der Waals surface area contributed by atoms with E-state index in [9.17, 15) is 13.6 Å². The van der Waals surface area contributed by atoms with E-state index in [2.05, 4.69) is 0 Å². The maximum atomic E-state index is 12.1. The number of hydrogen-bond donors (Lipinski definition) is 0. The molecule has 1 aromatic heterocycles. The van der Waals surface area contributed by atoms with Crippen molar-refractivity contribution in [2.45, 2.75) is 12.8 Å². The Morgan fingerprint density at radius 3 is 2.80 bits per heavy atom. The fourth-order valence-corrected chi connectivity index (χ4v) is 2.40. The van der Waals surface area contributed by atoms with Crippen LogP contribution in [0.4, 0.5) is 8.78 Å². The summed E-state index contributed by atoms with van der Waals surface area (Å²) in [5.41, 5.74) is 0.695. The fourth-order valence-electron chi connectivity index (χ4n) is 1.43. The quantitative estimate of drug-likeness (QED) is 0.785. The van der Waals surface area contributed by atoms with Gasteiger partial charge in [-0.25, -0.2) is 8.78 Å². The molecule has 2 rings (SSSR count). The number of carbonyl (C=O) groups is 1. The molecular weight excluding hydrogens is 218 g/mol. The van der Waals surface area contributed by atoms with Gasteiger partial charge in [0, 0.05) is 11.1 Å². The standard InChI is InChI=1S/C11H8F2OS/c12-11(13)9(14)5-7-6-15-10-4-2-1-3-8(7)10/h1-4,6,11H,5H2. The molecule has 0 radical (unpaired) electrons. The average Bonchev–Trinajstić information content (AvgIpc) is 2.62. The Hall–Kier alpha value is -1.29. The molecule has 0 saturated carbocycles. The summed E-state index contributed by atoms with van der Waals surface area (Å²) in [5, 5.41) is 2.67. The first kappa shape index (κ1) is 10.2. The Kier molecular flexibility index (Phi) is 2.77. The number of Topliss-reactive ketones (excluding diaryl/α,β-unsaturated/α-hetero) is 1. The van der Waals surface area contributed by atoms with Crippen molar-refractivity contribution in [2.75, 3.05) is 0 Å². The van der Waals surface area contributed by atoms with Crippen LogP contribution in [0.1, 0.15) is 5.56 Å². The normalized spacial score (nSPS) is 11.1. The zero-order valence-electron chi connectivity index (χ0n) is 7.74. The molecule has 0 aliphatic carbocycles. The first-order valence-corrected chi connectivity index (χ1v) is 5.32. The summed E-state index contributed by atoms with van der Waals surface area (Å²) in [6.45, 7) is 0. The maximum absolute atomic E-state index is 12.1. The minimum Gasteiger partial charge on any atom is -0.293 e. The molecule has 0 unspecified atom stereocenters. The van der Waals surface area contributed by atoms with Gasteiger partial charge in [0.05, 0.1) is 0 Å². The van der Waals surface area contributed by atoms with Gasteiger partial charge in [-0.15, -0.1) is 11.3 Å². The summed E-state index contributed by atoms with van der Waals surface area (Å²) >= 11 is 1.47. The molecule has 1 aromatic carbocycles. The van der Waals surface area contributed by atoms with Crippen molar-refractivity contribution in [1.82, 2.24) is 0 Å². The van der Waals surface area contributed by atoms with Crippen molar-refractivity contribution >= 4 is 27.2 Å². The summed E-state index contributed by atoms with van der Waals surface area (Å²) in [5.74, 6) is -1.02. The molecule has 0 aliphatic heterocycles. The second kappa shape index (κ2) is 4.06.